The Kier molecular flexibility index (Phi) is 14.4. The van der Waals surface area contributed by atoms with E-state index in [1.807, 2.05) is 89.3 Å². The molecule has 3 aromatic rings. The van der Waals surface area contributed by atoms with Gasteiger partial charge in [-0.3, -0.25) is 0 Å². The molecule has 0 bridgehead atoms. The molecule has 0 fully saturated rings. The molecule has 2 N–H and O–H groups in total. The summed E-state index contributed by atoms with van der Waals surface area (Å²) < 4.78 is 17.9. The molecule has 0 aliphatic carbocycles. The van der Waals surface area contributed by atoms with Gasteiger partial charge in [0.15, 0.2) is 0 Å². The maximum Gasteiger partial charge on any atom is 0.129 e. The van der Waals surface area contributed by atoms with Crippen LogP contribution in [0, 0.1) is 5.82 Å². The summed E-state index contributed by atoms with van der Waals surface area (Å²) in [5.74, 6) is 1.49. The number of hydrogen-bond acceptors (Lipinski definition) is 3. The molecule has 3 rings (SSSR count). The predicted octanol–water partition coefficient (Wildman–Crippen LogP) is 7.44. The van der Waals surface area contributed by atoms with Crippen molar-refractivity contribution in [3.8, 4) is 11.5 Å². The number of hydrogen-bond donors (Lipinski definition) is 2. The highest BCUT2D eigenvalue weighted by Crippen LogP contribution is 2.23. The van der Waals surface area contributed by atoms with Crippen molar-refractivity contribution < 1.29 is 9.13 Å². The monoisotopic (exact) mass is 384 g/mol. The second kappa shape index (κ2) is 16.2. The Bertz CT molecular complexity index is 731. The summed E-state index contributed by atoms with van der Waals surface area (Å²) in [6, 6.07) is 23.8. The molecule has 0 saturated heterocycles. The molecule has 3 aromatic carbocycles. The summed E-state index contributed by atoms with van der Waals surface area (Å²) in [5, 5.41) is 5.96. The lowest BCUT2D eigenvalue weighted by Crippen LogP contribution is -1.88. The molecule has 0 amide bonds. The molecule has 28 heavy (non-hydrogen) atoms. The lowest BCUT2D eigenvalue weighted by Gasteiger charge is -2.06. The molecule has 0 unspecified atom stereocenters. The van der Waals surface area contributed by atoms with Crippen LogP contribution in [-0.4, -0.2) is 14.1 Å². The summed E-state index contributed by atoms with van der Waals surface area (Å²) >= 11 is 0. The Morgan fingerprint density at radius 1 is 0.607 bits per heavy atom. The van der Waals surface area contributed by atoms with Crippen molar-refractivity contribution in [2.45, 2.75) is 27.7 Å². The van der Waals surface area contributed by atoms with E-state index in [1.165, 1.54) is 12.1 Å². The van der Waals surface area contributed by atoms with Crippen LogP contribution in [0.1, 0.15) is 27.7 Å². The molecule has 152 valence electrons. The van der Waals surface area contributed by atoms with Gasteiger partial charge in [0, 0.05) is 31.5 Å². The molecule has 0 aliphatic heterocycles. The van der Waals surface area contributed by atoms with Crippen LogP contribution in [0.3, 0.4) is 0 Å². The first-order valence-electron chi connectivity index (χ1n) is 9.65. The molecule has 0 saturated carbocycles. The standard InChI is InChI=1S/C13H13NO.C7H8FN.2C2H6/c1-14-11-6-5-9-13(10-11)15-12-7-3-2-4-8-12;1-9-7-4-2-6(8)3-5-7;2*1-2/h2-10,14H,1H3;2-5,9H,1H3;2*1-2H3. The van der Waals surface area contributed by atoms with Gasteiger partial charge in [0.05, 0.1) is 0 Å². The first-order valence-corrected chi connectivity index (χ1v) is 9.65. The zero-order valence-electron chi connectivity index (χ0n) is 17.8. The van der Waals surface area contributed by atoms with Crippen LogP contribution in [0.5, 0.6) is 11.5 Å². The number of anilines is 2. The Labute approximate surface area is 169 Å². The van der Waals surface area contributed by atoms with Crippen LogP contribution < -0.4 is 15.4 Å². The molecule has 0 heterocycles. The first-order chi connectivity index (χ1) is 13.7. The van der Waals surface area contributed by atoms with Crippen molar-refractivity contribution in [1.29, 1.82) is 0 Å². The Balaban J connectivity index is 0.000000481. The van der Waals surface area contributed by atoms with Gasteiger partial charge in [0.1, 0.15) is 17.3 Å². The van der Waals surface area contributed by atoms with Gasteiger partial charge in [0.25, 0.3) is 0 Å². The number of nitrogens with one attached hydrogen (secondary N) is 2. The fraction of sp³-hybridized carbons (Fsp3) is 0.250. The molecular weight excluding hydrogens is 351 g/mol. The van der Waals surface area contributed by atoms with Crippen molar-refractivity contribution in [2.75, 3.05) is 24.7 Å². The minimum atomic E-state index is -0.200. The minimum absolute atomic E-state index is 0.200. The largest absolute Gasteiger partial charge is 0.457 e. The molecule has 0 aromatic heterocycles. The van der Waals surface area contributed by atoms with Crippen molar-refractivity contribution in [3.63, 3.8) is 0 Å². The average Bonchev–Trinajstić information content (AvgIpc) is 2.78. The van der Waals surface area contributed by atoms with Crippen LogP contribution in [0.25, 0.3) is 0 Å². The third kappa shape index (κ3) is 10.2. The highest BCUT2D eigenvalue weighted by molar-refractivity contribution is 5.48. The number of ether oxygens (including phenoxy) is 1. The molecule has 4 heteroatoms. The van der Waals surface area contributed by atoms with E-state index in [1.54, 1.807) is 19.2 Å². The summed E-state index contributed by atoms with van der Waals surface area (Å²) in [7, 11) is 3.69. The van der Waals surface area contributed by atoms with Gasteiger partial charge in [-0.25, -0.2) is 4.39 Å². The fourth-order valence-corrected chi connectivity index (χ4v) is 1.96. The van der Waals surface area contributed by atoms with Crippen molar-refractivity contribution >= 4 is 11.4 Å². The Hall–Kier alpha value is -3.01. The SMILES string of the molecule is CC.CC.CNc1ccc(F)cc1.CNc1cccc(Oc2ccccc2)c1. The maximum absolute atomic E-state index is 12.2. The highest BCUT2D eigenvalue weighted by Gasteiger charge is 1.96. The predicted molar refractivity (Wildman–Crippen MR) is 121 cm³/mol. The van der Waals surface area contributed by atoms with Crippen LogP contribution in [0.2, 0.25) is 0 Å². The highest BCUT2D eigenvalue weighted by atomic mass is 19.1. The molecule has 0 radical (unpaired) electrons. The lowest BCUT2D eigenvalue weighted by atomic mass is 10.3. The van der Waals surface area contributed by atoms with E-state index >= 15 is 0 Å². The van der Waals surface area contributed by atoms with E-state index in [4.69, 9.17) is 4.74 Å². The Morgan fingerprint density at radius 3 is 1.68 bits per heavy atom. The van der Waals surface area contributed by atoms with Gasteiger partial charge < -0.3 is 15.4 Å². The molecule has 0 atom stereocenters. The molecule has 0 spiro atoms. The number of benzene rings is 3. The smallest absolute Gasteiger partial charge is 0.129 e. The lowest BCUT2D eigenvalue weighted by molar-refractivity contribution is 0.483. The van der Waals surface area contributed by atoms with Gasteiger partial charge >= 0.3 is 0 Å². The van der Waals surface area contributed by atoms with Crippen LogP contribution in [0.15, 0.2) is 78.9 Å². The normalized spacial score (nSPS) is 8.54. The van der Waals surface area contributed by atoms with Gasteiger partial charge in [-0.05, 0) is 48.5 Å². The average molecular weight is 385 g/mol. The maximum atomic E-state index is 12.2. The third-order valence-electron chi connectivity index (χ3n) is 3.23. The Morgan fingerprint density at radius 2 is 1.14 bits per heavy atom. The summed E-state index contributed by atoms with van der Waals surface area (Å²) in [4.78, 5) is 0. The van der Waals surface area contributed by atoms with Gasteiger partial charge in [-0.1, -0.05) is 52.0 Å². The van der Waals surface area contributed by atoms with Gasteiger partial charge in [-0.15, -0.1) is 0 Å². The third-order valence-corrected chi connectivity index (χ3v) is 3.23. The second-order valence-corrected chi connectivity index (χ2v) is 4.95. The van der Waals surface area contributed by atoms with Crippen LogP contribution in [-0.2, 0) is 0 Å². The second-order valence-electron chi connectivity index (χ2n) is 4.95. The topological polar surface area (TPSA) is 33.3 Å². The van der Waals surface area contributed by atoms with E-state index in [-0.39, 0.29) is 5.82 Å². The van der Waals surface area contributed by atoms with Gasteiger partial charge in [0.2, 0.25) is 0 Å². The van der Waals surface area contributed by atoms with Crippen molar-refractivity contribution in [2.24, 2.45) is 0 Å². The van der Waals surface area contributed by atoms with Crippen LogP contribution >= 0.6 is 0 Å². The van der Waals surface area contributed by atoms with Crippen molar-refractivity contribution in [1.82, 2.24) is 0 Å². The zero-order chi connectivity index (χ0) is 21.2. The zero-order valence-corrected chi connectivity index (χ0v) is 17.8. The van der Waals surface area contributed by atoms with E-state index in [0.29, 0.717) is 0 Å². The van der Waals surface area contributed by atoms with E-state index < -0.39 is 0 Å². The molecule has 3 nitrogen and oxygen atoms in total. The van der Waals surface area contributed by atoms with E-state index in [2.05, 4.69) is 10.6 Å². The van der Waals surface area contributed by atoms with Crippen molar-refractivity contribution in [3.05, 3.63) is 84.7 Å². The van der Waals surface area contributed by atoms with Gasteiger partial charge in [-0.2, -0.15) is 0 Å². The van der Waals surface area contributed by atoms with Crippen LogP contribution in [0.4, 0.5) is 15.8 Å². The fourth-order valence-electron chi connectivity index (χ4n) is 1.96. The number of para-hydroxylation sites is 1. The number of halogens is 1. The first kappa shape index (κ1) is 25.0. The number of rotatable bonds is 4. The minimum Gasteiger partial charge on any atom is -0.457 e. The molecule has 0 aliphatic rings. The van der Waals surface area contributed by atoms with E-state index in [9.17, 15) is 4.39 Å². The summed E-state index contributed by atoms with van der Waals surface area (Å²) in [6.07, 6.45) is 0. The summed E-state index contributed by atoms with van der Waals surface area (Å²) in [6.45, 7) is 8.00. The molecular formula is C24H33FN2O. The van der Waals surface area contributed by atoms with E-state index in [0.717, 1.165) is 22.9 Å². The summed E-state index contributed by atoms with van der Waals surface area (Å²) in [5.41, 5.74) is 1.97. The quantitative estimate of drug-likeness (QED) is 0.490.